The van der Waals surface area contributed by atoms with Crippen LogP contribution in [0.5, 0.6) is 0 Å². The predicted molar refractivity (Wildman–Crippen MR) is 360 cm³/mol. The van der Waals surface area contributed by atoms with Gasteiger partial charge < -0.3 is 14.5 Å². The van der Waals surface area contributed by atoms with E-state index in [1.165, 1.54) is 166 Å². The van der Waals surface area contributed by atoms with Crippen LogP contribution in [-0.2, 0) is 16.2 Å². The van der Waals surface area contributed by atoms with Crippen molar-refractivity contribution in [3.8, 4) is 67.0 Å². The van der Waals surface area contributed by atoms with E-state index in [0.29, 0.717) is 0 Å². The van der Waals surface area contributed by atoms with Gasteiger partial charge in [0.1, 0.15) is 0 Å². The maximum atomic E-state index is 4.40. The molecule has 2 aliphatic carbocycles. The topological polar surface area (TPSA) is 21.9 Å². The molecule has 4 heterocycles. The van der Waals surface area contributed by atoms with Crippen molar-refractivity contribution in [3.05, 3.63) is 282 Å². The number of hydrogen-bond acceptors (Lipinski definition) is 1. The van der Waals surface area contributed by atoms with E-state index in [2.05, 4.69) is 305 Å². The Morgan fingerprint density at radius 2 is 0.894 bits per heavy atom. The van der Waals surface area contributed by atoms with Crippen molar-refractivity contribution < 1.29 is 0 Å². The molecule has 0 fully saturated rings. The van der Waals surface area contributed by atoms with E-state index in [0.717, 1.165) is 5.69 Å². The van der Waals surface area contributed by atoms with Gasteiger partial charge in [0.05, 0.1) is 33.2 Å². The van der Waals surface area contributed by atoms with E-state index in [-0.39, 0.29) is 17.5 Å². The molecule has 12 aromatic carbocycles. The van der Waals surface area contributed by atoms with E-state index in [1.54, 1.807) is 0 Å². The van der Waals surface area contributed by atoms with Crippen molar-refractivity contribution in [1.29, 1.82) is 0 Å². The summed E-state index contributed by atoms with van der Waals surface area (Å²) in [7, 11) is 0. The molecular weight excluding hydrogens is 1030 g/mol. The highest BCUT2D eigenvalue weighted by Crippen LogP contribution is 2.64. The third kappa shape index (κ3) is 6.47. The van der Waals surface area contributed by atoms with Crippen LogP contribution in [0.15, 0.2) is 249 Å². The van der Waals surface area contributed by atoms with Crippen LogP contribution in [0.1, 0.15) is 74.9 Å². The predicted octanol–water partition coefficient (Wildman–Crippen LogP) is 18.7. The summed E-state index contributed by atoms with van der Waals surface area (Å²) in [6.45, 7) is 14.0. The smallest absolute Gasteiger partial charge is 0.252 e. The van der Waals surface area contributed by atoms with Crippen LogP contribution in [0, 0.1) is 0 Å². The minimum atomic E-state index is -0.485. The van der Waals surface area contributed by atoms with Crippen molar-refractivity contribution in [1.82, 2.24) is 9.13 Å². The molecule has 4 aliphatic rings. The highest BCUT2D eigenvalue weighted by molar-refractivity contribution is 7.00. The average molecular weight is 1090 g/mol. The second-order valence-electron chi connectivity index (χ2n) is 26.4. The normalized spacial score (nSPS) is 13.9. The summed E-state index contributed by atoms with van der Waals surface area (Å²) in [5.41, 5.74) is 33.5. The number of nitrogens with one attached hydrogen (secondary N) is 1. The molecule has 1 spiro atoms. The maximum absolute atomic E-state index is 4.40. The van der Waals surface area contributed by atoms with Gasteiger partial charge in [-0.3, -0.25) is 0 Å². The molecule has 402 valence electrons. The Hall–Kier alpha value is -9.90. The Labute approximate surface area is 496 Å². The Bertz CT molecular complexity index is 5100. The molecular formula is C81H60BN3. The van der Waals surface area contributed by atoms with Crippen molar-refractivity contribution in [2.24, 2.45) is 0 Å². The van der Waals surface area contributed by atoms with Crippen LogP contribution in [0.2, 0.25) is 0 Å². The lowest BCUT2D eigenvalue weighted by Crippen LogP contribution is -2.59. The zero-order chi connectivity index (χ0) is 56.8. The fourth-order valence-corrected chi connectivity index (χ4v) is 16.1. The van der Waals surface area contributed by atoms with Crippen LogP contribution in [0.3, 0.4) is 0 Å². The molecule has 3 nitrogen and oxygen atoms in total. The summed E-state index contributed by atoms with van der Waals surface area (Å²) in [4.78, 5) is 0. The molecule has 0 unspecified atom stereocenters. The van der Waals surface area contributed by atoms with E-state index < -0.39 is 5.41 Å². The Balaban J connectivity index is 1.01. The number of aromatic nitrogens is 2. The van der Waals surface area contributed by atoms with Gasteiger partial charge in [0.25, 0.3) is 6.71 Å². The zero-order valence-corrected chi connectivity index (χ0v) is 48.6. The Morgan fingerprint density at radius 1 is 0.376 bits per heavy atom. The third-order valence-electron chi connectivity index (χ3n) is 19.8. The average Bonchev–Trinajstić information content (AvgIpc) is 1.55. The number of rotatable bonds is 4. The van der Waals surface area contributed by atoms with Gasteiger partial charge in [-0.15, -0.1) is 0 Å². The molecule has 0 radical (unpaired) electrons. The molecule has 2 aliphatic heterocycles. The van der Waals surface area contributed by atoms with Crippen molar-refractivity contribution >= 4 is 78.1 Å². The van der Waals surface area contributed by atoms with Crippen LogP contribution in [0.25, 0.3) is 111 Å². The molecule has 0 atom stereocenters. The van der Waals surface area contributed by atoms with Gasteiger partial charge in [0.15, 0.2) is 0 Å². The highest BCUT2D eigenvalue weighted by atomic mass is 15.0. The Kier molecular flexibility index (Phi) is 9.79. The first kappa shape index (κ1) is 48.6. The maximum Gasteiger partial charge on any atom is 0.252 e. The second kappa shape index (κ2) is 17.1. The van der Waals surface area contributed by atoms with E-state index in [9.17, 15) is 0 Å². The molecule has 4 heteroatoms. The molecule has 0 amide bonds. The number of fused-ring (bicyclic) bond motifs is 22. The molecule has 14 aromatic rings. The van der Waals surface area contributed by atoms with E-state index in [4.69, 9.17) is 0 Å². The zero-order valence-electron chi connectivity index (χ0n) is 48.6. The van der Waals surface area contributed by atoms with Gasteiger partial charge in [-0.2, -0.15) is 0 Å². The minimum absolute atomic E-state index is 0.0623. The first-order valence-electron chi connectivity index (χ1n) is 30.3. The lowest BCUT2D eigenvalue weighted by atomic mass is 9.33. The molecule has 0 bridgehead atoms. The number of nitrogens with zero attached hydrogens (tertiary/aromatic N) is 2. The summed E-state index contributed by atoms with van der Waals surface area (Å²) < 4.78 is 5.31. The standard InChI is InChI=1S/C81H60BN3/c1-79(2,3)52-42-50(43-53(46-52)80(4,5)6)51-44-68-74-71(45-51)84-70-39-22-17-32-60(70)73-77-61(58-30-16-21-38-69(58)85(77)76-54(48-24-9-7-10-25-48)33-23-34-55(76)49-26-11-8-12-27-49)47-67(78(73)84)82(74)66-41-40-65-72(75(66)83-68)59-31-15-20-37-64(59)81(65)62-35-18-13-28-56(62)57-29-14-19-36-63(57)81/h7-47,83H,1-6H3. The Morgan fingerprint density at radius 3 is 1.52 bits per heavy atom. The van der Waals surface area contributed by atoms with Gasteiger partial charge in [-0.05, 0) is 124 Å². The van der Waals surface area contributed by atoms with Gasteiger partial charge >= 0.3 is 0 Å². The van der Waals surface area contributed by atoms with Crippen LogP contribution in [-0.4, -0.2) is 15.8 Å². The highest BCUT2D eigenvalue weighted by Gasteiger charge is 2.53. The van der Waals surface area contributed by atoms with Crippen LogP contribution in [0.4, 0.5) is 11.4 Å². The fraction of sp³-hybridized carbons (Fsp3) is 0.111. The van der Waals surface area contributed by atoms with E-state index in [1.807, 2.05) is 0 Å². The summed E-state index contributed by atoms with van der Waals surface area (Å²) in [6, 6.07) is 95.1. The SMILES string of the molecule is CC(C)(C)c1cc(-c2cc3c4c(c2)-n2c5ccccc5c5c2c(cc2c6ccccc6n(-c6c(-c7ccccc7)cccc6-c6ccccc6)c25)B4c2ccc4c(c2N3)-c2ccccc2C42c3ccccc3-c3ccccc32)cc(C(C)(C)C)c1. The largest absolute Gasteiger partial charge is 0.356 e. The lowest BCUT2D eigenvalue weighted by Gasteiger charge is -2.37. The van der Waals surface area contributed by atoms with Crippen LogP contribution >= 0.6 is 0 Å². The molecule has 1 N–H and O–H groups in total. The minimum Gasteiger partial charge on any atom is -0.356 e. The second-order valence-corrected chi connectivity index (χ2v) is 26.4. The molecule has 85 heavy (non-hydrogen) atoms. The quantitative estimate of drug-likeness (QED) is 0.174. The van der Waals surface area contributed by atoms with Gasteiger partial charge in [-0.1, -0.05) is 266 Å². The third-order valence-corrected chi connectivity index (χ3v) is 19.8. The number of hydrogen-bond donors (Lipinski definition) is 1. The molecule has 0 saturated heterocycles. The van der Waals surface area contributed by atoms with Crippen LogP contribution < -0.4 is 21.7 Å². The first-order valence-corrected chi connectivity index (χ1v) is 30.3. The molecule has 18 rings (SSSR count). The summed E-state index contributed by atoms with van der Waals surface area (Å²) in [5.74, 6) is 0. The number of anilines is 2. The summed E-state index contributed by atoms with van der Waals surface area (Å²) in [6.07, 6.45) is 0. The number of benzene rings is 12. The molecule has 0 saturated carbocycles. The lowest BCUT2D eigenvalue weighted by molar-refractivity contribution is 0.569. The summed E-state index contributed by atoms with van der Waals surface area (Å²) in [5, 5.41) is 9.40. The molecule has 2 aromatic heterocycles. The van der Waals surface area contributed by atoms with Gasteiger partial charge in [0.2, 0.25) is 0 Å². The van der Waals surface area contributed by atoms with E-state index >= 15 is 0 Å². The van der Waals surface area contributed by atoms with Gasteiger partial charge in [0, 0.05) is 55.3 Å². The number of para-hydroxylation sites is 3. The van der Waals surface area contributed by atoms with Crippen molar-refractivity contribution in [2.45, 2.75) is 57.8 Å². The fourth-order valence-electron chi connectivity index (χ4n) is 16.1. The monoisotopic (exact) mass is 1090 g/mol. The van der Waals surface area contributed by atoms with Gasteiger partial charge in [-0.25, -0.2) is 0 Å². The summed E-state index contributed by atoms with van der Waals surface area (Å²) >= 11 is 0. The van der Waals surface area contributed by atoms with Crippen molar-refractivity contribution in [2.75, 3.05) is 5.32 Å². The van der Waals surface area contributed by atoms with Crippen molar-refractivity contribution in [3.63, 3.8) is 0 Å². The first-order chi connectivity index (χ1) is 41.5.